The molecule has 0 amide bonds. The lowest BCUT2D eigenvalue weighted by Gasteiger charge is -2.39. The van der Waals surface area contributed by atoms with Crippen LogP contribution in [0.25, 0.3) is 0 Å². The molecule has 0 aliphatic heterocycles. The van der Waals surface area contributed by atoms with Gasteiger partial charge < -0.3 is 10.1 Å². The van der Waals surface area contributed by atoms with E-state index in [0.29, 0.717) is 12.5 Å². The molecule has 0 unspecified atom stereocenters. The molecule has 0 spiro atoms. The van der Waals surface area contributed by atoms with Gasteiger partial charge in [0.1, 0.15) is 12.1 Å². The minimum atomic E-state index is 0.220. The molecule has 0 aromatic carbocycles. The molecule has 0 radical (unpaired) electrons. The van der Waals surface area contributed by atoms with E-state index in [1.807, 2.05) is 13.0 Å². The highest BCUT2D eigenvalue weighted by atomic mass is 16.5. The van der Waals surface area contributed by atoms with Crippen LogP contribution in [-0.2, 0) is 0 Å². The predicted octanol–water partition coefficient (Wildman–Crippen LogP) is 2.23. The van der Waals surface area contributed by atoms with Crippen molar-refractivity contribution in [3.05, 3.63) is 12.4 Å². The van der Waals surface area contributed by atoms with E-state index in [0.717, 1.165) is 5.82 Å². The number of ether oxygens (including phenoxy) is 1. The van der Waals surface area contributed by atoms with Gasteiger partial charge in [-0.3, -0.25) is 0 Å². The van der Waals surface area contributed by atoms with E-state index in [-0.39, 0.29) is 5.54 Å². The maximum Gasteiger partial charge on any atom is 0.218 e. The maximum atomic E-state index is 5.32. The highest BCUT2D eigenvalue weighted by Crippen LogP contribution is 2.34. The van der Waals surface area contributed by atoms with Crippen molar-refractivity contribution in [2.24, 2.45) is 0 Å². The number of hydrogen-bond donors (Lipinski definition) is 1. The highest BCUT2D eigenvalue weighted by molar-refractivity contribution is 5.40. The van der Waals surface area contributed by atoms with Crippen molar-refractivity contribution in [3.8, 4) is 5.88 Å². The van der Waals surface area contributed by atoms with Crippen LogP contribution in [0.15, 0.2) is 12.4 Å². The molecule has 1 aliphatic rings. The Labute approximate surface area is 90.1 Å². The Kier molecular flexibility index (Phi) is 2.75. The molecule has 0 bridgehead atoms. The Morgan fingerprint density at radius 2 is 2.27 bits per heavy atom. The van der Waals surface area contributed by atoms with E-state index in [9.17, 15) is 0 Å². The summed E-state index contributed by atoms with van der Waals surface area (Å²) >= 11 is 0. The highest BCUT2D eigenvalue weighted by Gasteiger charge is 2.31. The Balaban J connectivity index is 2.04. The minimum Gasteiger partial charge on any atom is -0.478 e. The van der Waals surface area contributed by atoms with Crippen LogP contribution >= 0.6 is 0 Å². The summed E-state index contributed by atoms with van der Waals surface area (Å²) in [4.78, 5) is 8.22. The fraction of sp³-hybridized carbons (Fsp3) is 0.636. The van der Waals surface area contributed by atoms with Crippen molar-refractivity contribution in [1.29, 1.82) is 0 Å². The molecule has 82 valence electrons. The van der Waals surface area contributed by atoms with Crippen LogP contribution in [0.3, 0.4) is 0 Å². The van der Waals surface area contributed by atoms with Crippen LogP contribution in [-0.4, -0.2) is 22.1 Å². The van der Waals surface area contributed by atoms with Gasteiger partial charge in [0.2, 0.25) is 5.88 Å². The molecule has 0 atom stereocenters. The number of aromatic nitrogens is 2. The summed E-state index contributed by atoms with van der Waals surface area (Å²) in [6.07, 6.45) is 5.25. The number of hydrogen-bond acceptors (Lipinski definition) is 4. The lowest BCUT2D eigenvalue weighted by molar-refractivity contribution is 0.304. The second-order valence-corrected chi connectivity index (χ2v) is 4.21. The summed E-state index contributed by atoms with van der Waals surface area (Å²) in [6, 6.07) is 1.85. The third-order valence-corrected chi connectivity index (χ3v) is 2.82. The summed E-state index contributed by atoms with van der Waals surface area (Å²) in [7, 11) is 0. The minimum absolute atomic E-state index is 0.220. The van der Waals surface area contributed by atoms with Crippen LogP contribution in [0.2, 0.25) is 0 Å². The van der Waals surface area contributed by atoms with E-state index in [2.05, 4.69) is 22.2 Å². The number of nitrogens with zero attached hydrogens (tertiary/aromatic N) is 2. The Bertz CT molecular complexity index is 336. The monoisotopic (exact) mass is 207 g/mol. The summed E-state index contributed by atoms with van der Waals surface area (Å²) in [5, 5.41) is 3.42. The quantitative estimate of drug-likeness (QED) is 0.822. The molecular formula is C11H17N3O. The summed E-state index contributed by atoms with van der Waals surface area (Å²) in [5.74, 6) is 1.49. The second-order valence-electron chi connectivity index (χ2n) is 4.21. The molecule has 4 heteroatoms. The first kappa shape index (κ1) is 10.2. The fourth-order valence-electron chi connectivity index (χ4n) is 1.78. The average molecular weight is 207 g/mol. The molecule has 1 N–H and O–H groups in total. The Morgan fingerprint density at radius 3 is 2.87 bits per heavy atom. The van der Waals surface area contributed by atoms with Gasteiger partial charge in [0, 0.05) is 11.6 Å². The number of anilines is 1. The molecule has 1 heterocycles. The molecular weight excluding hydrogens is 190 g/mol. The molecule has 1 aromatic rings. The summed E-state index contributed by atoms with van der Waals surface area (Å²) in [6.45, 7) is 4.80. The van der Waals surface area contributed by atoms with Crippen LogP contribution < -0.4 is 10.1 Å². The first-order chi connectivity index (χ1) is 7.22. The smallest absolute Gasteiger partial charge is 0.218 e. The van der Waals surface area contributed by atoms with Crippen molar-refractivity contribution >= 4 is 5.82 Å². The summed E-state index contributed by atoms with van der Waals surface area (Å²) < 4.78 is 5.32. The zero-order valence-electron chi connectivity index (χ0n) is 9.29. The van der Waals surface area contributed by atoms with Crippen LogP contribution in [0.5, 0.6) is 5.88 Å². The molecule has 0 saturated heterocycles. The van der Waals surface area contributed by atoms with Crippen molar-refractivity contribution < 1.29 is 4.74 Å². The van der Waals surface area contributed by atoms with Gasteiger partial charge in [-0.2, -0.15) is 0 Å². The van der Waals surface area contributed by atoms with E-state index in [1.54, 1.807) is 0 Å². The van der Waals surface area contributed by atoms with E-state index < -0.39 is 0 Å². The second kappa shape index (κ2) is 4.04. The molecule has 2 rings (SSSR count). The molecule has 1 saturated carbocycles. The van der Waals surface area contributed by atoms with Crippen LogP contribution in [0, 0.1) is 0 Å². The van der Waals surface area contributed by atoms with Crippen LogP contribution in [0.4, 0.5) is 5.82 Å². The lowest BCUT2D eigenvalue weighted by atomic mass is 9.78. The van der Waals surface area contributed by atoms with E-state index >= 15 is 0 Å². The van der Waals surface area contributed by atoms with Crippen molar-refractivity contribution in [2.45, 2.75) is 38.6 Å². The summed E-state index contributed by atoms with van der Waals surface area (Å²) in [5.41, 5.74) is 0.220. The van der Waals surface area contributed by atoms with Crippen molar-refractivity contribution in [1.82, 2.24) is 9.97 Å². The Morgan fingerprint density at radius 1 is 1.47 bits per heavy atom. The molecule has 15 heavy (non-hydrogen) atoms. The third kappa shape index (κ3) is 2.37. The first-order valence-electron chi connectivity index (χ1n) is 5.45. The normalized spacial score (nSPS) is 18.0. The van der Waals surface area contributed by atoms with Crippen LogP contribution in [0.1, 0.15) is 33.1 Å². The van der Waals surface area contributed by atoms with Crippen molar-refractivity contribution in [2.75, 3.05) is 11.9 Å². The van der Waals surface area contributed by atoms with E-state index in [1.165, 1.54) is 25.6 Å². The van der Waals surface area contributed by atoms with Gasteiger partial charge >= 0.3 is 0 Å². The largest absolute Gasteiger partial charge is 0.478 e. The predicted molar refractivity (Wildman–Crippen MR) is 59.1 cm³/mol. The Hall–Kier alpha value is -1.32. The first-order valence-corrected chi connectivity index (χ1v) is 5.45. The maximum absolute atomic E-state index is 5.32. The topological polar surface area (TPSA) is 47.0 Å². The molecule has 1 aliphatic carbocycles. The molecule has 1 aromatic heterocycles. The average Bonchev–Trinajstić information content (AvgIpc) is 2.16. The van der Waals surface area contributed by atoms with Crippen molar-refractivity contribution in [3.63, 3.8) is 0 Å². The van der Waals surface area contributed by atoms with E-state index in [4.69, 9.17) is 4.74 Å². The lowest BCUT2D eigenvalue weighted by Crippen LogP contribution is -2.41. The van der Waals surface area contributed by atoms with Gasteiger partial charge in [-0.25, -0.2) is 9.97 Å². The van der Waals surface area contributed by atoms with Gasteiger partial charge in [0.05, 0.1) is 6.61 Å². The fourth-order valence-corrected chi connectivity index (χ4v) is 1.78. The zero-order valence-corrected chi connectivity index (χ0v) is 9.29. The molecule has 1 fully saturated rings. The zero-order chi connectivity index (χ0) is 10.7. The van der Waals surface area contributed by atoms with Gasteiger partial charge in [-0.15, -0.1) is 0 Å². The standard InChI is InChI=1S/C11H17N3O/c1-3-15-10-7-9(12-8-13-10)14-11(2)5-4-6-11/h7-8H,3-6H2,1-2H3,(H,12,13,14). The number of rotatable bonds is 4. The van der Waals surface area contributed by atoms with Gasteiger partial charge in [0.25, 0.3) is 0 Å². The SMILES string of the molecule is CCOc1cc(NC2(C)CCC2)ncn1. The number of nitrogens with one attached hydrogen (secondary N) is 1. The molecule has 4 nitrogen and oxygen atoms in total. The third-order valence-electron chi connectivity index (χ3n) is 2.82. The van der Waals surface area contributed by atoms with Gasteiger partial charge in [-0.1, -0.05) is 0 Å². The van der Waals surface area contributed by atoms with Gasteiger partial charge in [-0.05, 0) is 33.1 Å². The van der Waals surface area contributed by atoms with Gasteiger partial charge in [0.15, 0.2) is 0 Å².